The Morgan fingerprint density at radius 2 is 1.47 bits per heavy atom. The van der Waals surface area contributed by atoms with Crippen molar-refractivity contribution in [3.8, 4) is 0 Å². The highest BCUT2D eigenvalue weighted by molar-refractivity contribution is 5.62. The molecular formula is C16H30O3. The van der Waals surface area contributed by atoms with Gasteiger partial charge in [-0.3, -0.25) is 4.79 Å². The first-order valence-electron chi connectivity index (χ1n) is 7.25. The Labute approximate surface area is 118 Å². The zero-order chi connectivity index (χ0) is 14.8. The SMILES string of the molecule is CC(=O)O.CCC=CCC=CCCCCCCCO. The number of aliphatic carboxylic acids is 1. The van der Waals surface area contributed by atoms with Crippen LogP contribution < -0.4 is 0 Å². The third-order valence-electron chi connectivity index (χ3n) is 2.37. The van der Waals surface area contributed by atoms with Crippen molar-refractivity contribution in [1.29, 1.82) is 0 Å². The largest absolute Gasteiger partial charge is 0.481 e. The van der Waals surface area contributed by atoms with E-state index in [0.29, 0.717) is 6.61 Å². The lowest BCUT2D eigenvalue weighted by atomic mass is 10.1. The van der Waals surface area contributed by atoms with Gasteiger partial charge in [0.05, 0.1) is 0 Å². The highest BCUT2D eigenvalue weighted by Gasteiger charge is 1.87. The van der Waals surface area contributed by atoms with Crippen LogP contribution in [0.4, 0.5) is 0 Å². The van der Waals surface area contributed by atoms with E-state index in [1.54, 1.807) is 0 Å². The normalized spacial score (nSPS) is 10.7. The second kappa shape index (κ2) is 19.3. The molecule has 112 valence electrons. The Morgan fingerprint density at radius 1 is 0.947 bits per heavy atom. The van der Waals surface area contributed by atoms with Crippen molar-refractivity contribution >= 4 is 5.97 Å². The monoisotopic (exact) mass is 270 g/mol. The Morgan fingerprint density at radius 3 is 2.05 bits per heavy atom. The number of carboxylic acids is 1. The molecule has 0 radical (unpaired) electrons. The molecule has 0 saturated carbocycles. The van der Waals surface area contributed by atoms with Gasteiger partial charge in [-0.15, -0.1) is 0 Å². The Hall–Kier alpha value is -1.09. The summed E-state index contributed by atoms with van der Waals surface area (Å²) in [5, 5.41) is 16.0. The topological polar surface area (TPSA) is 57.5 Å². The van der Waals surface area contributed by atoms with Crippen molar-refractivity contribution in [3.63, 3.8) is 0 Å². The van der Waals surface area contributed by atoms with E-state index in [9.17, 15) is 0 Å². The molecule has 0 aliphatic rings. The van der Waals surface area contributed by atoms with Crippen molar-refractivity contribution in [1.82, 2.24) is 0 Å². The van der Waals surface area contributed by atoms with E-state index in [-0.39, 0.29) is 0 Å². The van der Waals surface area contributed by atoms with E-state index in [1.807, 2.05) is 0 Å². The van der Waals surface area contributed by atoms with Gasteiger partial charge in [0.2, 0.25) is 0 Å². The molecule has 0 heterocycles. The maximum absolute atomic E-state index is 9.00. The van der Waals surface area contributed by atoms with Crippen LogP contribution in [0.2, 0.25) is 0 Å². The minimum Gasteiger partial charge on any atom is -0.481 e. The summed E-state index contributed by atoms with van der Waals surface area (Å²) in [5.74, 6) is -0.833. The molecule has 0 aromatic carbocycles. The number of carbonyl (C=O) groups is 1. The van der Waals surface area contributed by atoms with Crippen LogP contribution in [0.25, 0.3) is 0 Å². The van der Waals surface area contributed by atoms with E-state index in [1.165, 1.54) is 32.1 Å². The fraction of sp³-hybridized carbons (Fsp3) is 0.688. The van der Waals surface area contributed by atoms with Crippen LogP contribution >= 0.6 is 0 Å². The van der Waals surface area contributed by atoms with Crippen molar-refractivity contribution < 1.29 is 15.0 Å². The number of aliphatic hydroxyl groups excluding tert-OH is 1. The number of aliphatic hydroxyl groups is 1. The van der Waals surface area contributed by atoms with Gasteiger partial charge in [-0.1, -0.05) is 50.5 Å². The minimum absolute atomic E-state index is 0.351. The van der Waals surface area contributed by atoms with Gasteiger partial charge in [0, 0.05) is 13.5 Å². The predicted molar refractivity (Wildman–Crippen MR) is 81.3 cm³/mol. The lowest BCUT2D eigenvalue weighted by Crippen LogP contribution is -1.83. The summed E-state index contributed by atoms with van der Waals surface area (Å²) in [6.07, 6.45) is 18.4. The zero-order valence-corrected chi connectivity index (χ0v) is 12.5. The first kappa shape index (κ1) is 20.2. The molecule has 0 spiro atoms. The lowest BCUT2D eigenvalue weighted by Gasteiger charge is -1.97. The van der Waals surface area contributed by atoms with Crippen LogP contribution in [0.1, 0.15) is 65.2 Å². The van der Waals surface area contributed by atoms with Crippen LogP contribution in [0, 0.1) is 0 Å². The third kappa shape index (κ3) is 31.6. The first-order valence-corrected chi connectivity index (χ1v) is 7.25. The molecule has 0 aromatic heterocycles. The predicted octanol–water partition coefficient (Wildman–Crippen LogP) is 4.32. The standard InChI is InChI=1S/C14H26O.C2H4O2/c1-2-3-4-5-6-7-8-9-10-11-12-13-14-15;1-2(3)4/h3-4,6-7,15H,2,5,8-14H2,1H3;1H3,(H,3,4). The summed E-state index contributed by atoms with van der Waals surface area (Å²) < 4.78 is 0. The lowest BCUT2D eigenvalue weighted by molar-refractivity contribution is -0.134. The Bertz CT molecular complexity index is 228. The maximum Gasteiger partial charge on any atom is 0.300 e. The molecular weight excluding hydrogens is 240 g/mol. The number of allylic oxidation sites excluding steroid dienone is 4. The molecule has 0 rings (SSSR count). The summed E-state index contributed by atoms with van der Waals surface area (Å²) in [6.45, 7) is 3.59. The van der Waals surface area contributed by atoms with Crippen molar-refractivity contribution in [2.75, 3.05) is 6.61 Å². The number of carboxylic acid groups (broad SMARTS) is 1. The maximum atomic E-state index is 9.00. The summed E-state index contributed by atoms with van der Waals surface area (Å²) in [6, 6.07) is 0. The van der Waals surface area contributed by atoms with E-state index >= 15 is 0 Å². The fourth-order valence-corrected chi connectivity index (χ4v) is 1.46. The van der Waals surface area contributed by atoms with Crippen LogP contribution in [0.15, 0.2) is 24.3 Å². The summed E-state index contributed by atoms with van der Waals surface area (Å²) in [7, 11) is 0. The van der Waals surface area contributed by atoms with E-state index < -0.39 is 5.97 Å². The zero-order valence-electron chi connectivity index (χ0n) is 12.5. The van der Waals surface area contributed by atoms with Gasteiger partial charge >= 0.3 is 0 Å². The van der Waals surface area contributed by atoms with Crippen molar-refractivity contribution in [2.45, 2.75) is 65.2 Å². The van der Waals surface area contributed by atoms with Crippen LogP contribution in [0.3, 0.4) is 0 Å². The van der Waals surface area contributed by atoms with Crippen LogP contribution in [-0.2, 0) is 4.79 Å². The second-order valence-electron chi connectivity index (χ2n) is 4.39. The van der Waals surface area contributed by atoms with Gasteiger partial charge in [0.1, 0.15) is 0 Å². The molecule has 0 amide bonds. The molecule has 0 atom stereocenters. The molecule has 0 saturated heterocycles. The minimum atomic E-state index is -0.833. The van der Waals surface area contributed by atoms with Gasteiger partial charge in [-0.05, 0) is 32.1 Å². The van der Waals surface area contributed by atoms with Crippen LogP contribution in [-0.4, -0.2) is 22.8 Å². The molecule has 0 aliphatic carbocycles. The van der Waals surface area contributed by atoms with Gasteiger partial charge in [0.15, 0.2) is 0 Å². The van der Waals surface area contributed by atoms with E-state index in [0.717, 1.165) is 26.2 Å². The van der Waals surface area contributed by atoms with Gasteiger partial charge < -0.3 is 10.2 Å². The van der Waals surface area contributed by atoms with Gasteiger partial charge in [-0.2, -0.15) is 0 Å². The van der Waals surface area contributed by atoms with Gasteiger partial charge in [-0.25, -0.2) is 0 Å². The van der Waals surface area contributed by atoms with E-state index in [2.05, 4.69) is 31.2 Å². The number of rotatable bonds is 10. The number of unbranched alkanes of at least 4 members (excludes halogenated alkanes) is 5. The molecule has 3 nitrogen and oxygen atoms in total. The number of hydrogen-bond donors (Lipinski definition) is 2. The molecule has 0 aliphatic heterocycles. The molecule has 0 unspecified atom stereocenters. The third-order valence-corrected chi connectivity index (χ3v) is 2.37. The second-order valence-corrected chi connectivity index (χ2v) is 4.39. The Kier molecular flexibility index (Phi) is 20.5. The highest BCUT2D eigenvalue weighted by Crippen LogP contribution is 2.05. The summed E-state index contributed by atoms with van der Waals surface area (Å²) in [4.78, 5) is 9.00. The van der Waals surface area contributed by atoms with Gasteiger partial charge in [0.25, 0.3) is 5.97 Å². The van der Waals surface area contributed by atoms with E-state index in [4.69, 9.17) is 15.0 Å². The van der Waals surface area contributed by atoms with Crippen molar-refractivity contribution in [2.24, 2.45) is 0 Å². The molecule has 19 heavy (non-hydrogen) atoms. The Balaban J connectivity index is 0. The molecule has 2 N–H and O–H groups in total. The fourth-order valence-electron chi connectivity index (χ4n) is 1.46. The quantitative estimate of drug-likeness (QED) is 0.459. The average Bonchev–Trinajstić information content (AvgIpc) is 2.35. The summed E-state index contributed by atoms with van der Waals surface area (Å²) >= 11 is 0. The smallest absolute Gasteiger partial charge is 0.300 e. The van der Waals surface area contributed by atoms with Crippen LogP contribution in [0.5, 0.6) is 0 Å². The summed E-state index contributed by atoms with van der Waals surface area (Å²) in [5.41, 5.74) is 0. The molecule has 0 fully saturated rings. The molecule has 0 aromatic rings. The highest BCUT2D eigenvalue weighted by atomic mass is 16.4. The molecule has 0 bridgehead atoms. The average molecular weight is 270 g/mol. The first-order chi connectivity index (χ1) is 9.15. The number of hydrogen-bond acceptors (Lipinski definition) is 2. The molecule has 3 heteroatoms. The van der Waals surface area contributed by atoms with Crippen molar-refractivity contribution in [3.05, 3.63) is 24.3 Å².